The van der Waals surface area contributed by atoms with Crippen LogP contribution in [0.15, 0.2) is 41.0 Å². The Hall–Kier alpha value is -2.27. The van der Waals surface area contributed by atoms with Crippen molar-refractivity contribution in [3.8, 4) is 5.75 Å². The third-order valence-corrected chi connectivity index (χ3v) is 3.19. The SMILES string of the molecule is COc1ccc(N(CCCN)C(=O)c2coc(C)c2)cc1. The number of rotatable bonds is 6. The zero-order chi connectivity index (χ0) is 15.2. The Bertz CT molecular complexity index is 590. The van der Waals surface area contributed by atoms with Gasteiger partial charge in [-0.15, -0.1) is 0 Å². The molecule has 0 aliphatic rings. The van der Waals surface area contributed by atoms with E-state index >= 15 is 0 Å². The van der Waals surface area contributed by atoms with Gasteiger partial charge in [0.1, 0.15) is 17.8 Å². The number of carbonyl (C=O) groups excluding carboxylic acids is 1. The molecule has 2 aromatic rings. The topological polar surface area (TPSA) is 68.7 Å². The maximum Gasteiger partial charge on any atom is 0.261 e. The summed E-state index contributed by atoms with van der Waals surface area (Å²) in [5.74, 6) is 1.38. The number of carbonyl (C=O) groups is 1. The standard InChI is InChI=1S/C16H20N2O3/c1-12-10-13(11-21-12)16(19)18(9-3-8-17)14-4-6-15(20-2)7-5-14/h4-7,10-11H,3,8-9,17H2,1-2H3. The van der Waals surface area contributed by atoms with Crippen LogP contribution in [0.1, 0.15) is 22.5 Å². The number of hydrogen-bond acceptors (Lipinski definition) is 4. The van der Waals surface area contributed by atoms with Gasteiger partial charge in [0.2, 0.25) is 0 Å². The number of amides is 1. The van der Waals surface area contributed by atoms with Crippen molar-refractivity contribution < 1.29 is 13.9 Å². The van der Waals surface area contributed by atoms with Crippen LogP contribution >= 0.6 is 0 Å². The lowest BCUT2D eigenvalue weighted by molar-refractivity contribution is 0.0986. The van der Waals surface area contributed by atoms with Gasteiger partial charge < -0.3 is 19.8 Å². The molecule has 0 saturated heterocycles. The summed E-state index contributed by atoms with van der Waals surface area (Å²) in [5, 5.41) is 0. The van der Waals surface area contributed by atoms with Crippen molar-refractivity contribution in [3.63, 3.8) is 0 Å². The number of nitrogens with zero attached hydrogens (tertiary/aromatic N) is 1. The zero-order valence-electron chi connectivity index (χ0n) is 12.3. The minimum atomic E-state index is -0.0922. The van der Waals surface area contributed by atoms with E-state index in [0.29, 0.717) is 24.4 Å². The third-order valence-electron chi connectivity index (χ3n) is 3.19. The van der Waals surface area contributed by atoms with Crippen molar-refractivity contribution in [3.05, 3.63) is 47.9 Å². The molecule has 1 aromatic carbocycles. The summed E-state index contributed by atoms with van der Waals surface area (Å²) in [6.07, 6.45) is 2.21. The van der Waals surface area contributed by atoms with Gasteiger partial charge in [-0.2, -0.15) is 0 Å². The molecule has 1 heterocycles. The Morgan fingerprint density at radius 3 is 2.57 bits per heavy atom. The van der Waals surface area contributed by atoms with Crippen LogP contribution in [0.25, 0.3) is 0 Å². The van der Waals surface area contributed by atoms with Crippen molar-refractivity contribution in [2.45, 2.75) is 13.3 Å². The van der Waals surface area contributed by atoms with Gasteiger partial charge in [-0.3, -0.25) is 4.79 Å². The van der Waals surface area contributed by atoms with Crippen LogP contribution < -0.4 is 15.4 Å². The van der Waals surface area contributed by atoms with E-state index in [1.165, 1.54) is 6.26 Å². The van der Waals surface area contributed by atoms with Crippen LogP contribution in [0.5, 0.6) is 5.75 Å². The molecule has 5 heteroatoms. The summed E-state index contributed by atoms with van der Waals surface area (Å²) in [4.78, 5) is 14.3. The first-order valence-electron chi connectivity index (χ1n) is 6.87. The highest BCUT2D eigenvalue weighted by Gasteiger charge is 2.19. The molecule has 0 aliphatic heterocycles. The Morgan fingerprint density at radius 2 is 2.05 bits per heavy atom. The predicted molar refractivity (Wildman–Crippen MR) is 81.8 cm³/mol. The number of aryl methyl sites for hydroxylation is 1. The summed E-state index contributed by atoms with van der Waals surface area (Å²) < 4.78 is 10.4. The summed E-state index contributed by atoms with van der Waals surface area (Å²) in [6.45, 7) is 2.91. The van der Waals surface area contributed by atoms with Crippen molar-refractivity contribution >= 4 is 11.6 Å². The summed E-state index contributed by atoms with van der Waals surface area (Å²) in [5.41, 5.74) is 6.92. The molecule has 0 atom stereocenters. The molecular formula is C16H20N2O3. The molecule has 21 heavy (non-hydrogen) atoms. The highest BCUT2D eigenvalue weighted by Crippen LogP contribution is 2.22. The highest BCUT2D eigenvalue weighted by atomic mass is 16.5. The van der Waals surface area contributed by atoms with E-state index in [0.717, 1.165) is 17.9 Å². The Balaban J connectivity index is 2.26. The maximum atomic E-state index is 12.6. The van der Waals surface area contributed by atoms with Crippen LogP contribution in [0.4, 0.5) is 5.69 Å². The molecule has 0 saturated carbocycles. The molecule has 0 radical (unpaired) electrons. The van der Waals surface area contributed by atoms with Crippen LogP contribution in [-0.2, 0) is 0 Å². The lowest BCUT2D eigenvalue weighted by atomic mass is 10.2. The van der Waals surface area contributed by atoms with Gasteiger partial charge >= 0.3 is 0 Å². The smallest absolute Gasteiger partial charge is 0.261 e. The summed E-state index contributed by atoms with van der Waals surface area (Å²) >= 11 is 0. The number of benzene rings is 1. The molecular weight excluding hydrogens is 268 g/mol. The van der Waals surface area contributed by atoms with Gasteiger partial charge in [-0.05, 0) is 50.2 Å². The van der Waals surface area contributed by atoms with Gasteiger partial charge in [0, 0.05) is 12.2 Å². The first-order chi connectivity index (χ1) is 10.2. The van der Waals surface area contributed by atoms with Crippen molar-refractivity contribution in [2.24, 2.45) is 5.73 Å². The molecule has 112 valence electrons. The largest absolute Gasteiger partial charge is 0.497 e. The lowest BCUT2D eigenvalue weighted by Gasteiger charge is -2.22. The number of anilines is 1. The lowest BCUT2D eigenvalue weighted by Crippen LogP contribution is -2.32. The molecule has 1 aromatic heterocycles. The van der Waals surface area contributed by atoms with Gasteiger partial charge in [-0.1, -0.05) is 0 Å². The van der Waals surface area contributed by atoms with E-state index < -0.39 is 0 Å². The molecule has 0 spiro atoms. The fourth-order valence-corrected chi connectivity index (χ4v) is 2.07. The van der Waals surface area contributed by atoms with Gasteiger partial charge in [0.05, 0.1) is 12.7 Å². The molecule has 0 unspecified atom stereocenters. The number of methoxy groups -OCH3 is 1. The fourth-order valence-electron chi connectivity index (χ4n) is 2.07. The van der Waals surface area contributed by atoms with E-state index in [1.807, 2.05) is 31.2 Å². The molecule has 2 rings (SSSR count). The van der Waals surface area contributed by atoms with Crippen molar-refractivity contribution in [1.29, 1.82) is 0 Å². The van der Waals surface area contributed by atoms with Crippen molar-refractivity contribution in [2.75, 3.05) is 25.1 Å². The van der Waals surface area contributed by atoms with E-state index in [4.69, 9.17) is 14.9 Å². The second kappa shape index (κ2) is 6.95. The van der Waals surface area contributed by atoms with Crippen LogP contribution in [-0.4, -0.2) is 26.1 Å². The minimum absolute atomic E-state index is 0.0922. The van der Waals surface area contributed by atoms with Crippen LogP contribution in [0.3, 0.4) is 0 Å². The maximum absolute atomic E-state index is 12.6. The number of furan rings is 1. The number of nitrogens with two attached hydrogens (primary N) is 1. The fraction of sp³-hybridized carbons (Fsp3) is 0.312. The molecule has 2 N–H and O–H groups in total. The monoisotopic (exact) mass is 288 g/mol. The van der Waals surface area contributed by atoms with Gasteiger partial charge in [-0.25, -0.2) is 0 Å². The zero-order valence-corrected chi connectivity index (χ0v) is 12.3. The van der Waals surface area contributed by atoms with E-state index in [9.17, 15) is 4.79 Å². The third kappa shape index (κ3) is 3.64. The first-order valence-corrected chi connectivity index (χ1v) is 6.87. The van der Waals surface area contributed by atoms with Crippen LogP contribution in [0, 0.1) is 6.92 Å². The average molecular weight is 288 g/mol. The average Bonchev–Trinajstić information content (AvgIpc) is 2.94. The number of ether oxygens (including phenoxy) is 1. The van der Waals surface area contributed by atoms with Gasteiger partial charge in [0.25, 0.3) is 5.91 Å². The Kier molecular flexibility index (Phi) is 5.00. The predicted octanol–water partition coefficient (Wildman–Crippen LogP) is 2.59. The molecule has 5 nitrogen and oxygen atoms in total. The Morgan fingerprint density at radius 1 is 1.33 bits per heavy atom. The highest BCUT2D eigenvalue weighted by molar-refractivity contribution is 6.06. The second-order valence-electron chi connectivity index (χ2n) is 4.74. The summed E-state index contributed by atoms with van der Waals surface area (Å²) in [6, 6.07) is 9.12. The van der Waals surface area contributed by atoms with Gasteiger partial charge in [0.15, 0.2) is 0 Å². The summed E-state index contributed by atoms with van der Waals surface area (Å²) in [7, 11) is 1.61. The first kappa shape index (κ1) is 15.1. The quantitative estimate of drug-likeness (QED) is 0.887. The normalized spacial score (nSPS) is 10.4. The van der Waals surface area contributed by atoms with Crippen LogP contribution in [0.2, 0.25) is 0 Å². The van der Waals surface area contributed by atoms with E-state index in [1.54, 1.807) is 18.1 Å². The second-order valence-corrected chi connectivity index (χ2v) is 4.74. The molecule has 0 aliphatic carbocycles. The molecule has 0 bridgehead atoms. The molecule has 1 amide bonds. The van der Waals surface area contributed by atoms with Crippen molar-refractivity contribution in [1.82, 2.24) is 0 Å². The number of hydrogen-bond donors (Lipinski definition) is 1. The van der Waals surface area contributed by atoms with E-state index in [2.05, 4.69) is 0 Å². The Labute approximate surface area is 124 Å². The van der Waals surface area contributed by atoms with E-state index in [-0.39, 0.29) is 5.91 Å². The minimum Gasteiger partial charge on any atom is -0.497 e. The molecule has 0 fully saturated rings.